The van der Waals surface area contributed by atoms with Crippen LogP contribution in [0.15, 0.2) is 23.3 Å². The fourth-order valence-corrected chi connectivity index (χ4v) is 6.95. The molecule has 0 amide bonds. The highest BCUT2D eigenvalue weighted by Gasteiger charge is 2.66. The van der Waals surface area contributed by atoms with E-state index in [9.17, 15) is 14.7 Å². The number of rotatable bonds is 1. The molecule has 2 fully saturated rings. The first kappa shape index (κ1) is 17.2. The third kappa shape index (κ3) is 1.96. The van der Waals surface area contributed by atoms with Crippen LogP contribution in [0.5, 0.6) is 0 Å². The van der Waals surface area contributed by atoms with Gasteiger partial charge in [0.15, 0.2) is 11.6 Å². The second-order valence-electron chi connectivity index (χ2n) is 9.46. The molecule has 6 atom stereocenters. The summed E-state index contributed by atoms with van der Waals surface area (Å²) < 4.78 is 0. The zero-order chi connectivity index (χ0) is 18.2. The first-order valence-electron chi connectivity index (χ1n) is 9.82. The molecule has 0 aromatic heterocycles. The first-order valence-corrected chi connectivity index (χ1v) is 9.82. The summed E-state index contributed by atoms with van der Waals surface area (Å²) in [7, 11) is 0. The van der Waals surface area contributed by atoms with Crippen molar-refractivity contribution in [3.63, 3.8) is 0 Å². The Morgan fingerprint density at radius 1 is 1.28 bits per heavy atom. The molecule has 0 radical (unpaired) electrons. The van der Waals surface area contributed by atoms with Gasteiger partial charge in [-0.3, -0.25) is 9.59 Å². The van der Waals surface area contributed by atoms with E-state index in [1.54, 1.807) is 6.92 Å². The number of carbonyl (C=O) groups is 2. The van der Waals surface area contributed by atoms with Gasteiger partial charge in [0.2, 0.25) is 0 Å². The molecule has 1 N–H and O–H groups in total. The maximum absolute atomic E-state index is 12.4. The highest BCUT2D eigenvalue weighted by Crippen LogP contribution is 2.66. The third-order valence-corrected chi connectivity index (χ3v) is 8.45. The summed E-state index contributed by atoms with van der Waals surface area (Å²) in [6.45, 7) is 8.04. The summed E-state index contributed by atoms with van der Waals surface area (Å²) in [6, 6.07) is 0. The minimum Gasteiger partial charge on any atom is -0.381 e. The summed E-state index contributed by atoms with van der Waals surface area (Å²) in [5.41, 5.74) is 1.23. The fourth-order valence-electron chi connectivity index (χ4n) is 6.95. The van der Waals surface area contributed by atoms with Gasteiger partial charge < -0.3 is 5.11 Å². The highest BCUT2D eigenvalue weighted by atomic mass is 16.3. The largest absolute Gasteiger partial charge is 0.381 e. The van der Waals surface area contributed by atoms with Crippen molar-refractivity contribution >= 4 is 11.6 Å². The van der Waals surface area contributed by atoms with Gasteiger partial charge in [-0.15, -0.1) is 0 Å². The maximum atomic E-state index is 12.4. The fraction of sp³-hybridized carbons (Fsp3) is 0.727. The number of Topliss-reactive ketones (excluding diaryl/α,β-unsaturated/α-hetero) is 1. The van der Waals surface area contributed by atoms with E-state index < -0.39 is 5.60 Å². The molecule has 2 saturated carbocycles. The molecule has 3 heteroatoms. The van der Waals surface area contributed by atoms with Crippen molar-refractivity contribution in [3.05, 3.63) is 23.3 Å². The molecule has 0 bridgehead atoms. The van der Waals surface area contributed by atoms with Gasteiger partial charge in [-0.1, -0.05) is 38.0 Å². The summed E-state index contributed by atoms with van der Waals surface area (Å²) in [5.74, 6) is 0.989. The SMILES string of the molecule is CC(=O)C1(O)[C@@H](C)CC2C3CCC4=CC(=O)CCC4(C)C3=CCC21C. The van der Waals surface area contributed by atoms with Crippen LogP contribution >= 0.6 is 0 Å². The molecule has 0 saturated heterocycles. The second kappa shape index (κ2) is 5.16. The summed E-state index contributed by atoms with van der Waals surface area (Å²) >= 11 is 0. The van der Waals surface area contributed by atoms with Crippen molar-refractivity contribution in [2.24, 2.45) is 28.6 Å². The number of hydrogen-bond donors (Lipinski definition) is 1. The van der Waals surface area contributed by atoms with Crippen LogP contribution in [-0.2, 0) is 9.59 Å². The van der Waals surface area contributed by atoms with Gasteiger partial charge >= 0.3 is 0 Å². The summed E-state index contributed by atoms with van der Waals surface area (Å²) in [5, 5.41) is 11.4. The molecule has 5 unspecified atom stereocenters. The van der Waals surface area contributed by atoms with Crippen LogP contribution in [0.3, 0.4) is 0 Å². The molecule has 0 aromatic rings. The highest BCUT2D eigenvalue weighted by molar-refractivity contribution is 5.92. The van der Waals surface area contributed by atoms with Crippen LogP contribution in [-0.4, -0.2) is 22.3 Å². The lowest BCUT2D eigenvalue weighted by Gasteiger charge is -2.54. The average molecular weight is 342 g/mol. The van der Waals surface area contributed by atoms with Gasteiger partial charge in [0.1, 0.15) is 5.60 Å². The Hall–Kier alpha value is -1.22. The van der Waals surface area contributed by atoms with E-state index in [0.29, 0.717) is 18.3 Å². The quantitative estimate of drug-likeness (QED) is 0.733. The van der Waals surface area contributed by atoms with Crippen LogP contribution in [0.1, 0.15) is 66.2 Å². The minimum absolute atomic E-state index is 0.00503. The number of hydrogen-bond acceptors (Lipinski definition) is 3. The Balaban J connectivity index is 1.79. The van der Waals surface area contributed by atoms with Crippen LogP contribution in [0.4, 0.5) is 0 Å². The van der Waals surface area contributed by atoms with Crippen molar-refractivity contribution in [2.45, 2.75) is 71.8 Å². The Labute approximate surface area is 150 Å². The molecule has 136 valence electrons. The van der Waals surface area contributed by atoms with E-state index in [4.69, 9.17) is 0 Å². The van der Waals surface area contributed by atoms with E-state index >= 15 is 0 Å². The van der Waals surface area contributed by atoms with E-state index in [1.165, 1.54) is 11.1 Å². The molecule has 0 spiro atoms. The number of aliphatic hydroxyl groups is 1. The molecular formula is C22H30O3. The topological polar surface area (TPSA) is 54.4 Å². The van der Waals surface area contributed by atoms with Crippen molar-refractivity contribution in [1.29, 1.82) is 0 Å². The van der Waals surface area contributed by atoms with Crippen molar-refractivity contribution in [1.82, 2.24) is 0 Å². The lowest BCUT2D eigenvalue weighted by atomic mass is 9.50. The van der Waals surface area contributed by atoms with E-state index in [0.717, 1.165) is 32.1 Å². The first-order chi connectivity index (χ1) is 11.6. The number of allylic oxidation sites excluding steroid dienone is 4. The van der Waals surface area contributed by atoms with Gasteiger partial charge in [0.05, 0.1) is 0 Å². The van der Waals surface area contributed by atoms with Gasteiger partial charge in [0.25, 0.3) is 0 Å². The molecule has 25 heavy (non-hydrogen) atoms. The molecule has 0 heterocycles. The molecule has 4 aliphatic carbocycles. The number of carbonyl (C=O) groups excluding carboxylic acids is 2. The van der Waals surface area contributed by atoms with Crippen molar-refractivity contribution in [3.8, 4) is 0 Å². The minimum atomic E-state index is -1.21. The van der Waals surface area contributed by atoms with Crippen LogP contribution in [0.25, 0.3) is 0 Å². The standard InChI is InChI=1S/C22H30O3/c1-13-11-19-17-6-5-15-12-16(24)7-9-20(15,3)18(17)8-10-21(19,4)22(13,25)14(2)23/h8,12-13,17,19,25H,5-7,9-11H2,1-4H3/t13-,17?,19?,20?,21?,22?/m0/s1. The number of ketones is 2. The Morgan fingerprint density at radius 3 is 2.68 bits per heavy atom. The van der Waals surface area contributed by atoms with Gasteiger partial charge in [-0.25, -0.2) is 0 Å². The van der Waals surface area contributed by atoms with Crippen molar-refractivity contribution < 1.29 is 14.7 Å². The van der Waals surface area contributed by atoms with Gasteiger partial charge in [-0.05, 0) is 62.9 Å². The summed E-state index contributed by atoms with van der Waals surface area (Å²) in [6.07, 6.45) is 9.48. The van der Waals surface area contributed by atoms with E-state index in [1.807, 2.05) is 13.0 Å². The Bertz CT molecular complexity index is 717. The normalized spacial score (nSPS) is 48.8. The molecule has 4 rings (SSSR count). The smallest absolute Gasteiger partial charge is 0.162 e. The Kier molecular flexibility index (Phi) is 3.55. The third-order valence-electron chi connectivity index (χ3n) is 8.45. The lowest BCUT2D eigenvalue weighted by molar-refractivity contribution is -0.156. The van der Waals surface area contributed by atoms with Crippen molar-refractivity contribution in [2.75, 3.05) is 0 Å². The Morgan fingerprint density at radius 2 is 2.00 bits per heavy atom. The predicted molar refractivity (Wildman–Crippen MR) is 96.9 cm³/mol. The predicted octanol–water partition coefficient (Wildman–Crippen LogP) is 4.00. The second-order valence-corrected chi connectivity index (χ2v) is 9.46. The lowest BCUT2D eigenvalue weighted by Crippen LogP contribution is -2.56. The number of fused-ring (bicyclic) bond motifs is 5. The molecule has 0 aromatic carbocycles. The molecule has 3 nitrogen and oxygen atoms in total. The zero-order valence-corrected chi connectivity index (χ0v) is 15.9. The maximum Gasteiger partial charge on any atom is 0.162 e. The molecule has 0 aliphatic heterocycles. The zero-order valence-electron chi connectivity index (χ0n) is 15.9. The molecule has 4 aliphatic rings. The monoisotopic (exact) mass is 342 g/mol. The molecular weight excluding hydrogens is 312 g/mol. The van der Waals surface area contributed by atoms with E-state index in [2.05, 4.69) is 19.9 Å². The van der Waals surface area contributed by atoms with Gasteiger partial charge in [0, 0.05) is 17.3 Å². The van der Waals surface area contributed by atoms with Crippen LogP contribution in [0, 0.1) is 28.6 Å². The average Bonchev–Trinajstić information content (AvgIpc) is 2.77. The van der Waals surface area contributed by atoms with Gasteiger partial charge in [-0.2, -0.15) is 0 Å². The van der Waals surface area contributed by atoms with Crippen LogP contribution in [0.2, 0.25) is 0 Å². The van der Waals surface area contributed by atoms with Crippen LogP contribution < -0.4 is 0 Å². The van der Waals surface area contributed by atoms with E-state index in [-0.39, 0.29) is 28.3 Å². The summed E-state index contributed by atoms with van der Waals surface area (Å²) in [4.78, 5) is 24.3.